The average molecular weight is 287 g/mol. The van der Waals surface area contributed by atoms with E-state index in [2.05, 4.69) is 9.97 Å². The van der Waals surface area contributed by atoms with Gasteiger partial charge in [0.15, 0.2) is 5.76 Å². The molecule has 1 saturated heterocycles. The van der Waals surface area contributed by atoms with Crippen LogP contribution in [0.15, 0.2) is 35.1 Å². The molecule has 0 bridgehead atoms. The molecule has 0 aliphatic carbocycles. The van der Waals surface area contributed by atoms with E-state index in [1.54, 1.807) is 29.3 Å². The molecule has 1 fully saturated rings. The number of carbonyl (C=O) groups excluding carboxylic acids is 1. The molecule has 6 nitrogen and oxygen atoms in total. The first-order chi connectivity index (χ1) is 10.2. The van der Waals surface area contributed by atoms with Gasteiger partial charge in [0.2, 0.25) is 5.88 Å². The van der Waals surface area contributed by atoms with Crippen molar-refractivity contribution in [1.29, 1.82) is 0 Å². The summed E-state index contributed by atoms with van der Waals surface area (Å²) in [6, 6.07) is 5.13. The van der Waals surface area contributed by atoms with E-state index in [1.165, 1.54) is 6.26 Å². The summed E-state index contributed by atoms with van der Waals surface area (Å²) in [5, 5.41) is 0. The topological polar surface area (TPSA) is 68.5 Å². The molecule has 3 rings (SSSR count). The van der Waals surface area contributed by atoms with Crippen molar-refractivity contribution in [3.8, 4) is 5.88 Å². The van der Waals surface area contributed by atoms with Crippen LogP contribution in [0.3, 0.4) is 0 Å². The average Bonchev–Trinajstić information content (AvgIpc) is 3.01. The second kappa shape index (κ2) is 5.95. The van der Waals surface area contributed by atoms with Crippen molar-refractivity contribution in [2.75, 3.05) is 13.1 Å². The molecule has 1 aliphatic rings. The largest absolute Gasteiger partial charge is 0.472 e. The lowest BCUT2D eigenvalue weighted by Gasteiger charge is -2.32. The van der Waals surface area contributed by atoms with Gasteiger partial charge in [-0.05, 0) is 31.9 Å². The number of carbonyl (C=O) groups is 1. The number of amides is 1. The molecule has 0 spiro atoms. The van der Waals surface area contributed by atoms with Gasteiger partial charge in [-0.25, -0.2) is 4.98 Å². The number of rotatable bonds is 3. The van der Waals surface area contributed by atoms with E-state index >= 15 is 0 Å². The van der Waals surface area contributed by atoms with Crippen LogP contribution in [-0.2, 0) is 0 Å². The van der Waals surface area contributed by atoms with Crippen molar-refractivity contribution < 1.29 is 13.9 Å². The molecular formula is C15H17N3O3. The Morgan fingerprint density at radius 1 is 1.48 bits per heavy atom. The fraction of sp³-hybridized carbons (Fsp3) is 0.400. The summed E-state index contributed by atoms with van der Waals surface area (Å²) in [6.07, 6.45) is 4.94. The highest BCUT2D eigenvalue weighted by Crippen LogP contribution is 2.18. The maximum atomic E-state index is 12.3. The van der Waals surface area contributed by atoms with Gasteiger partial charge in [-0.15, -0.1) is 0 Å². The van der Waals surface area contributed by atoms with Gasteiger partial charge in [0, 0.05) is 18.8 Å². The van der Waals surface area contributed by atoms with Gasteiger partial charge in [0.1, 0.15) is 11.9 Å². The smallest absolute Gasteiger partial charge is 0.289 e. The number of ether oxygens (including phenoxy) is 1. The number of hydrogen-bond acceptors (Lipinski definition) is 5. The minimum Gasteiger partial charge on any atom is -0.472 e. The van der Waals surface area contributed by atoms with Crippen molar-refractivity contribution in [3.63, 3.8) is 0 Å². The van der Waals surface area contributed by atoms with Gasteiger partial charge in [0.25, 0.3) is 5.91 Å². The molecule has 1 atom stereocenters. The number of likely N-dealkylation sites (tertiary alicyclic amines) is 1. The Bertz CT molecular complexity index is 612. The normalized spacial score (nSPS) is 18.5. The molecule has 6 heteroatoms. The molecule has 0 aromatic carbocycles. The van der Waals surface area contributed by atoms with Crippen LogP contribution in [0.5, 0.6) is 5.88 Å². The molecule has 3 heterocycles. The SMILES string of the molecule is Cc1nccc(OC2CCCN(C(=O)c3ccco3)C2)n1. The Kier molecular flexibility index (Phi) is 3.85. The fourth-order valence-corrected chi connectivity index (χ4v) is 2.45. The van der Waals surface area contributed by atoms with E-state index in [-0.39, 0.29) is 12.0 Å². The minimum atomic E-state index is -0.0906. The fourth-order valence-electron chi connectivity index (χ4n) is 2.45. The maximum Gasteiger partial charge on any atom is 0.289 e. The number of aromatic nitrogens is 2. The first-order valence-corrected chi connectivity index (χ1v) is 7.01. The van der Waals surface area contributed by atoms with E-state index in [0.29, 0.717) is 24.0 Å². The third-order valence-electron chi connectivity index (χ3n) is 3.44. The summed E-state index contributed by atoms with van der Waals surface area (Å²) in [5.74, 6) is 1.51. The quantitative estimate of drug-likeness (QED) is 0.864. The van der Waals surface area contributed by atoms with Gasteiger partial charge in [-0.1, -0.05) is 0 Å². The van der Waals surface area contributed by atoms with E-state index in [0.717, 1.165) is 19.4 Å². The van der Waals surface area contributed by atoms with E-state index in [4.69, 9.17) is 9.15 Å². The Labute approximate surface area is 122 Å². The molecule has 21 heavy (non-hydrogen) atoms. The predicted molar refractivity (Wildman–Crippen MR) is 75.0 cm³/mol. The molecule has 110 valence electrons. The third-order valence-corrected chi connectivity index (χ3v) is 3.44. The Hall–Kier alpha value is -2.37. The third kappa shape index (κ3) is 3.21. The highest BCUT2D eigenvalue weighted by atomic mass is 16.5. The minimum absolute atomic E-state index is 0.0491. The summed E-state index contributed by atoms with van der Waals surface area (Å²) in [6.45, 7) is 3.09. The molecule has 0 radical (unpaired) electrons. The second-order valence-corrected chi connectivity index (χ2v) is 5.05. The van der Waals surface area contributed by atoms with Crippen LogP contribution in [0.1, 0.15) is 29.2 Å². The Morgan fingerprint density at radius 3 is 3.14 bits per heavy atom. The first-order valence-electron chi connectivity index (χ1n) is 7.01. The Balaban J connectivity index is 1.64. The molecule has 2 aromatic rings. The molecule has 2 aromatic heterocycles. The van der Waals surface area contributed by atoms with Crippen molar-refractivity contribution in [2.45, 2.75) is 25.9 Å². The molecular weight excluding hydrogens is 270 g/mol. The van der Waals surface area contributed by atoms with Crippen LogP contribution < -0.4 is 4.74 Å². The van der Waals surface area contributed by atoms with Crippen molar-refractivity contribution in [1.82, 2.24) is 14.9 Å². The molecule has 1 aliphatic heterocycles. The van der Waals surface area contributed by atoms with Gasteiger partial charge in [0.05, 0.1) is 12.8 Å². The summed E-state index contributed by atoms with van der Waals surface area (Å²) in [4.78, 5) is 22.3. The summed E-state index contributed by atoms with van der Waals surface area (Å²) >= 11 is 0. The number of piperidine rings is 1. The lowest BCUT2D eigenvalue weighted by atomic mass is 10.1. The number of hydrogen-bond donors (Lipinski definition) is 0. The van der Waals surface area contributed by atoms with Crippen LogP contribution in [0.25, 0.3) is 0 Å². The second-order valence-electron chi connectivity index (χ2n) is 5.05. The van der Waals surface area contributed by atoms with Gasteiger partial charge in [-0.3, -0.25) is 4.79 Å². The molecule has 1 unspecified atom stereocenters. The molecule has 0 saturated carbocycles. The summed E-state index contributed by atoms with van der Waals surface area (Å²) in [5.41, 5.74) is 0. The summed E-state index contributed by atoms with van der Waals surface area (Å²) < 4.78 is 11.0. The zero-order valence-corrected chi connectivity index (χ0v) is 11.9. The monoisotopic (exact) mass is 287 g/mol. The van der Waals surface area contributed by atoms with Gasteiger partial charge in [-0.2, -0.15) is 4.98 Å². The standard InChI is InChI=1S/C15H17N3O3/c1-11-16-7-6-14(17-11)21-12-4-2-8-18(10-12)15(19)13-5-3-9-20-13/h3,5-7,9,12H,2,4,8,10H2,1H3. The lowest BCUT2D eigenvalue weighted by Crippen LogP contribution is -2.44. The maximum absolute atomic E-state index is 12.3. The van der Waals surface area contributed by atoms with Gasteiger partial charge >= 0.3 is 0 Å². The van der Waals surface area contributed by atoms with E-state index in [1.807, 2.05) is 6.92 Å². The van der Waals surface area contributed by atoms with Crippen LogP contribution in [0.4, 0.5) is 0 Å². The predicted octanol–water partition coefficient (Wildman–Crippen LogP) is 2.06. The molecule has 1 amide bonds. The number of nitrogens with zero attached hydrogens (tertiary/aromatic N) is 3. The molecule has 0 N–H and O–H groups in total. The van der Waals surface area contributed by atoms with Crippen LogP contribution in [-0.4, -0.2) is 40.0 Å². The van der Waals surface area contributed by atoms with Gasteiger partial charge < -0.3 is 14.1 Å². The highest BCUT2D eigenvalue weighted by molar-refractivity contribution is 5.91. The van der Waals surface area contributed by atoms with Crippen molar-refractivity contribution in [3.05, 3.63) is 42.2 Å². The number of furan rings is 1. The van der Waals surface area contributed by atoms with E-state index in [9.17, 15) is 4.79 Å². The summed E-state index contributed by atoms with van der Waals surface area (Å²) in [7, 11) is 0. The number of aryl methyl sites for hydroxylation is 1. The van der Waals surface area contributed by atoms with Crippen LogP contribution in [0, 0.1) is 6.92 Å². The van der Waals surface area contributed by atoms with Crippen molar-refractivity contribution in [2.24, 2.45) is 0 Å². The Morgan fingerprint density at radius 2 is 2.38 bits per heavy atom. The van der Waals surface area contributed by atoms with Crippen LogP contribution in [0.2, 0.25) is 0 Å². The van der Waals surface area contributed by atoms with Crippen molar-refractivity contribution >= 4 is 5.91 Å². The highest BCUT2D eigenvalue weighted by Gasteiger charge is 2.27. The van der Waals surface area contributed by atoms with E-state index < -0.39 is 0 Å². The zero-order chi connectivity index (χ0) is 14.7. The zero-order valence-electron chi connectivity index (χ0n) is 11.9. The lowest BCUT2D eigenvalue weighted by molar-refractivity contribution is 0.0500. The van der Waals surface area contributed by atoms with Crippen LogP contribution >= 0.6 is 0 Å². The first kappa shape index (κ1) is 13.6.